The number of nitrogens with one attached hydrogen (secondary N) is 1. The number of hydrogen-bond acceptors (Lipinski definition) is 3. The Morgan fingerprint density at radius 1 is 1.10 bits per heavy atom. The van der Waals surface area contributed by atoms with E-state index in [4.69, 9.17) is 27.9 Å². The molecule has 162 valence electrons. The molecule has 0 aliphatic carbocycles. The number of amides is 2. The van der Waals surface area contributed by atoms with Crippen molar-refractivity contribution < 1.29 is 14.3 Å². The van der Waals surface area contributed by atoms with Gasteiger partial charge in [0.2, 0.25) is 5.91 Å². The highest BCUT2D eigenvalue weighted by Gasteiger charge is 2.27. The largest absolute Gasteiger partial charge is 0.484 e. The van der Waals surface area contributed by atoms with E-state index >= 15 is 0 Å². The van der Waals surface area contributed by atoms with Crippen molar-refractivity contribution in [2.45, 2.75) is 33.4 Å². The Hall–Kier alpha value is -1.76. The molecule has 1 atom stereocenters. The molecule has 1 N–H and O–H groups in total. The molecule has 0 aromatic heterocycles. The number of carbonyl (C=O) groups excluding carboxylic acids is 2. The fourth-order valence-electron chi connectivity index (χ4n) is 2.63. The summed E-state index contributed by atoms with van der Waals surface area (Å²) in [6.45, 7) is 6.20. The minimum atomic E-state index is -0.698. The van der Waals surface area contributed by atoms with Crippen LogP contribution in [0.1, 0.15) is 26.3 Å². The number of ether oxygens (including phenoxy) is 1. The molecule has 2 aromatic carbocycles. The fraction of sp³-hybridized carbons (Fsp3) is 0.364. The van der Waals surface area contributed by atoms with Gasteiger partial charge in [-0.3, -0.25) is 9.59 Å². The maximum Gasteiger partial charge on any atom is 0.261 e. The maximum absolute atomic E-state index is 13.0. The summed E-state index contributed by atoms with van der Waals surface area (Å²) in [5, 5.41) is 3.81. The van der Waals surface area contributed by atoms with Gasteiger partial charge in [0, 0.05) is 27.6 Å². The molecule has 2 amide bonds. The Balaban J connectivity index is 2.16. The number of nitrogens with zero attached hydrogens (tertiary/aromatic N) is 1. The van der Waals surface area contributed by atoms with E-state index in [1.807, 2.05) is 26.0 Å². The summed E-state index contributed by atoms with van der Waals surface area (Å²) in [6, 6.07) is 11.5. The standard InChI is InChI=1S/C22H25BrCl2N2O3/c1-14(2)11-26-22(29)15(3)27(12-16-4-7-18(24)10-20(16)25)21(28)13-30-19-8-5-17(23)6-9-19/h4-10,14-15H,11-13H2,1-3H3,(H,26,29)/t15-/m1/s1. The van der Waals surface area contributed by atoms with Crippen molar-refractivity contribution in [2.75, 3.05) is 13.2 Å². The number of rotatable bonds is 9. The van der Waals surface area contributed by atoms with Gasteiger partial charge in [-0.15, -0.1) is 0 Å². The predicted molar refractivity (Wildman–Crippen MR) is 124 cm³/mol. The van der Waals surface area contributed by atoms with Crippen molar-refractivity contribution in [3.05, 3.63) is 62.5 Å². The van der Waals surface area contributed by atoms with Crippen LogP contribution in [0, 0.1) is 5.92 Å². The highest BCUT2D eigenvalue weighted by Crippen LogP contribution is 2.23. The van der Waals surface area contributed by atoms with E-state index in [2.05, 4.69) is 21.2 Å². The molecule has 2 aromatic rings. The number of benzene rings is 2. The van der Waals surface area contributed by atoms with Gasteiger partial charge in [0.15, 0.2) is 6.61 Å². The van der Waals surface area contributed by atoms with Crippen molar-refractivity contribution in [2.24, 2.45) is 5.92 Å². The Morgan fingerprint density at radius 3 is 2.37 bits per heavy atom. The van der Waals surface area contributed by atoms with Gasteiger partial charge >= 0.3 is 0 Å². The lowest BCUT2D eigenvalue weighted by Gasteiger charge is -2.29. The zero-order valence-electron chi connectivity index (χ0n) is 17.1. The number of hydrogen-bond donors (Lipinski definition) is 1. The molecule has 0 fully saturated rings. The van der Waals surface area contributed by atoms with Gasteiger partial charge < -0.3 is 15.0 Å². The first-order chi connectivity index (χ1) is 14.2. The van der Waals surface area contributed by atoms with Gasteiger partial charge in [-0.1, -0.05) is 59.0 Å². The molecule has 5 nitrogen and oxygen atoms in total. The zero-order valence-corrected chi connectivity index (χ0v) is 20.2. The molecule has 0 saturated carbocycles. The zero-order chi connectivity index (χ0) is 22.3. The van der Waals surface area contributed by atoms with E-state index in [9.17, 15) is 9.59 Å². The highest BCUT2D eigenvalue weighted by molar-refractivity contribution is 9.10. The predicted octanol–water partition coefficient (Wildman–Crippen LogP) is 5.32. The minimum Gasteiger partial charge on any atom is -0.484 e. The Morgan fingerprint density at radius 2 is 1.77 bits per heavy atom. The third kappa shape index (κ3) is 7.49. The van der Waals surface area contributed by atoms with E-state index < -0.39 is 6.04 Å². The quantitative estimate of drug-likeness (QED) is 0.491. The van der Waals surface area contributed by atoms with Crippen molar-refractivity contribution in [3.63, 3.8) is 0 Å². The summed E-state index contributed by atoms with van der Waals surface area (Å²) >= 11 is 15.6. The smallest absolute Gasteiger partial charge is 0.261 e. The fourth-order valence-corrected chi connectivity index (χ4v) is 3.36. The number of carbonyl (C=O) groups is 2. The van der Waals surface area contributed by atoms with Crippen LogP contribution >= 0.6 is 39.1 Å². The molecule has 0 bridgehead atoms. The third-order valence-electron chi connectivity index (χ3n) is 4.38. The molecule has 0 unspecified atom stereocenters. The normalized spacial score (nSPS) is 11.8. The second-order valence-electron chi connectivity index (χ2n) is 7.31. The molecule has 0 spiro atoms. The molecule has 0 aliphatic heterocycles. The van der Waals surface area contributed by atoms with E-state index in [-0.39, 0.29) is 25.0 Å². The summed E-state index contributed by atoms with van der Waals surface area (Å²) in [5.41, 5.74) is 0.696. The van der Waals surface area contributed by atoms with Gasteiger partial charge in [0.05, 0.1) is 0 Å². The minimum absolute atomic E-state index is 0.162. The van der Waals surface area contributed by atoms with Crippen molar-refractivity contribution >= 4 is 50.9 Å². The maximum atomic E-state index is 13.0. The lowest BCUT2D eigenvalue weighted by atomic mass is 10.1. The lowest BCUT2D eigenvalue weighted by molar-refractivity contribution is -0.142. The summed E-state index contributed by atoms with van der Waals surface area (Å²) in [5.74, 6) is 0.312. The molecule has 2 rings (SSSR count). The van der Waals surface area contributed by atoms with Crippen LogP contribution in [-0.4, -0.2) is 35.9 Å². The molecular formula is C22H25BrCl2N2O3. The van der Waals surface area contributed by atoms with Crippen LogP contribution < -0.4 is 10.1 Å². The molecule has 0 aliphatic rings. The highest BCUT2D eigenvalue weighted by atomic mass is 79.9. The molecule has 0 radical (unpaired) electrons. The van der Waals surface area contributed by atoms with E-state index in [1.54, 1.807) is 37.3 Å². The van der Waals surface area contributed by atoms with Crippen LogP contribution in [0.3, 0.4) is 0 Å². The SMILES string of the molecule is CC(C)CNC(=O)[C@@H](C)N(Cc1ccc(Cl)cc1Cl)C(=O)COc1ccc(Br)cc1. The lowest BCUT2D eigenvalue weighted by Crippen LogP contribution is -2.49. The van der Waals surface area contributed by atoms with Crippen molar-refractivity contribution in [1.82, 2.24) is 10.2 Å². The van der Waals surface area contributed by atoms with Gasteiger partial charge in [-0.25, -0.2) is 0 Å². The van der Waals surface area contributed by atoms with Crippen LogP contribution in [0.25, 0.3) is 0 Å². The van der Waals surface area contributed by atoms with E-state index in [0.29, 0.717) is 33.8 Å². The topological polar surface area (TPSA) is 58.6 Å². The third-order valence-corrected chi connectivity index (χ3v) is 5.50. The second-order valence-corrected chi connectivity index (χ2v) is 9.07. The summed E-state index contributed by atoms with van der Waals surface area (Å²) in [4.78, 5) is 27.1. The van der Waals surface area contributed by atoms with Crippen LogP contribution in [0.5, 0.6) is 5.75 Å². The summed E-state index contributed by atoms with van der Waals surface area (Å²) in [7, 11) is 0. The summed E-state index contributed by atoms with van der Waals surface area (Å²) < 4.78 is 6.53. The van der Waals surface area contributed by atoms with Gasteiger partial charge in [-0.2, -0.15) is 0 Å². The van der Waals surface area contributed by atoms with Crippen LogP contribution in [0.15, 0.2) is 46.9 Å². The van der Waals surface area contributed by atoms with Crippen molar-refractivity contribution in [3.8, 4) is 5.75 Å². The molecule has 8 heteroatoms. The first-order valence-corrected chi connectivity index (χ1v) is 11.1. The number of halogens is 3. The van der Waals surface area contributed by atoms with Crippen LogP contribution in [0.4, 0.5) is 0 Å². The Bertz CT molecular complexity index is 875. The van der Waals surface area contributed by atoms with Gasteiger partial charge in [0.25, 0.3) is 5.91 Å². The Kier molecular flexibility index (Phi) is 9.46. The second kappa shape index (κ2) is 11.6. The first kappa shape index (κ1) is 24.5. The van der Waals surface area contributed by atoms with E-state index in [0.717, 1.165) is 4.47 Å². The molecular weight excluding hydrogens is 491 g/mol. The van der Waals surface area contributed by atoms with Crippen LogP contribution in [0.2, 0.25) is 10.0 Å². The summed E-state index contributed by atoms with van der Waals surface area (Å²) in [6.07, 6.45) is 0. The average molecular weight is 516 g/mol. The van der Waals surface area contributed by atoms with Gasteiger partial charge in [0.1, 0.15) is 11.8 Å². The molecule has 0 saturated heterocycles. The monoisotopic (exact) mass is 514 g/mol. The molecule has 30 heavy (non-hydrogen) atoms. The molecule has 0 heterocycles. The van der Waals surface area contributed by atoms with E-state index in [1.165, 1.54) is 4.90 Å². The van der Waals surface area contributed by atoms with Crippen molar-refractivity contribution in [1.29, 1.82) is 0 Å². The average Bonchev–Trinajstić information content (AvgIpc) is 2.70. The first-order valence-electron chi connectivity index (χ1n) is 9.57. The van der Waals surface area contributed by atoms with Crippen LogP contribution in [-0.2, 0) is 16.1 Å². The van der Waals surface area contributed by atoms with Gasteiger partial charge in [-0.05, 0) is 54.8 Å². The Labute approximate surface area is 195 Å².